The van der Waals surface area contributed by atoms with E-state index in [1.165, 1.54) is 44.9 Å². The summed E-state index contributed by atoms with van der Waals surface area (Å²) in [5.41, 5.74) is 0. The summed E-state index contributed by atoms with van der Waals surface area (Å²) in [6, 6.07) is 0. The van der Waals surface area contributed by atoms with E-state index in [0.29, 0.717) is 12.8 Å². The molecule has 1 N–H and O–H groups in total. The van der Waals surface area contributed by atoms with Gasteiger partial charge in [-0.05, 0) is 26.2 Å². The van der Waals surface area contributed by atoms with E-state index in [9.17, 15) is 9.90 Å². The fourth-order valence-electron chi connectivity index (χ4n) is 2.70. The second-order valence-corrected chi connectivity index (χ2v) is 6.56. The summed E-state index contributed by atoms with van der Waals surface area (Å²) in [7, 11) is 0. The molecule has 0 aromatic rings. The van der Waals surface area contributed by atoms with Crippen molar-refractivity contribution in [3.8, 4) is 0 Å². The third-order valence-electron chi connectivity index (χ3n) is 4.02. The summed E-state index contributed by atoms with van der Waals surface area (Å²) < 4.78 is 5.58. The zero-order valence-electron chi connectivity index (χ0n) is 15.1. The van der Waals surface area contributed by atoms with E-state index in [-0.39, 0.29) is 12.1 Å². The van der Waals surface area contributed by atoms with Gasteiger partial charge in [0.1, 0.15) is 6.10 Å². The monoisotopic (exact) mass is 314 g/mol. The molecule has 0 saturated carbocycles. The smallest absolute Gasteiger partial charge is 0.306 e. The standard InChI is InChI=1S/C19H38O3/c1-4-6-8-10-12-14-18(16-17(3)20)22-19(21)15-13-11-9-7-5-2/h17-18,20H,4-16H2,1-3H3/t17-,18-/m0/s1. The number of carbonyl (C=O) groups excluding carboxylic acids is 1. The summed E-state index contributed by atoms with van der Waals surface area (Å²) in [4.78, 5) is 11.9. The van der Waals surface area contributed by atoms with Gasteiger partial charge in [-0.3, -0.25) is 4.79 Å². The van der Waals surface area contributed by atoms with Crippen molar-refractivity contribution in [2.75, 3.05) is 0 Å². The van der Waals surface area contributed by atoms with E-state index in [4.69, 9.17) is 4.74 Å². The van der Waals surface area contributed by atoms with Gasteiger partial charge in [-0.25, -0.2) is 0 Å². The molecular weight excluding hydrogens is 276 g/mol. The topological polar surface area (TPSA) is 46.5 Å². The van der Waals surface area contributed by atoms with Crippen LogP contribution in [0.15, 0.2) is 0 Å². The second kappa shape index (κ2) is 15.3. The number of aliphatic hydroxyl groups excluding tert-OH is 1. The van der Waals surface area contributed by atoms with Crippen molar-refractivity contribution in [3.05, 3.63) is 0 Å². The Bertz CT molecular complexity index is 251. The van der Waals surface area contributed by atoms with Crippen LogP contribution < -0.4 is 0 Å². The van der Waals surface area contributed by atoms with Crippen LogP contribution in [0.3, 0.4) is 0 Å². The normalized spacial score (nSPS) is 13.8. The van der Waals surface area contributed by atoms with Crippen LogP contribution in [0.2, 0.25) is 0 Å². The molecule has 3 heteroatoms. The predicted octanol–water partition coefficient (Wildman–Crippen LogP) is 5.39. The summed E-state index contributed by atoms with van der Waals surface area (Å²) in [6.07, 6.45) is 13.2. The summed E-state index contributed by atoms with van der Waals surface area (Å²) in [6.45, 7) is 6.16. The van der Waals surface area contributed by atoms with Gasteiger partial charge in [-0.1, -0.05) is 65.2 Å². The van der Waals surface area contributed by atoms with Crippen molar-refractivity contribution in [2.24, 2.45) is 0 Å². The Morgan fingerprint density at radius 2 is 1.45 bits per heavy atom. The zero-order chi connectivity index (χ0) is 16.6. The summed E-state index contributed by atoms with van der Waals surface area (Å²) in [5, 5.41) is 9.56. The first-order valence-corrected chi connectivity index (χ1v) is 9.47. The molecule has 0 amide bonds. The maximum absolute atomic E-state index is 11.9. The fourth-order valence-corrected chi connectivity index (χ4v) is 2.70. The van der Waals surface area contributed by atoms with E-state index in [0.717, 1.165) is 25.7 Å². The van der Waals surface area contributed by atoms with Crippen LogP contribution in [-0.4, -0.2) is 23.3 Å². The number of rotatable bonds is 15. The van der Waals surface area contributed by atoms with E-state index in [1.54, 1.807) is 6.92 Å². The third kappa shape index (κ3) is 14.4. The molecule has 132 valence electrons. The molecule has 0 fully saturated rings. The Kier molecular flexibility index (Phi) is 14.9. The number of unbranched alkanes of at least 4 members (excludes halogenated alkanes) is 8. The lowest BCUT2D eigenvalue weighted by Gasteiger charge is -2.19. The summed E-state index contributed by atoms with van der Waals surface area (Å²) in [5.74, 6) is -0.0873. The molecule has 0 aliphatic heterocycles. The van der Waals surface area contributed by atoms with Gasteiger partial charge in [0, 0.05) is 12.8 Å². The van der Waals surface area contributed by atoms with Gasteiger partial charge >= 0.3 is 5.97 Å². The Morgan fingerprint density at radius 3 is 2.00 bits per heavy atom. The minimum absolute atomic E-state index is 0.0873. The SMILES string of the molecule is CCCCCCCC(=O)O[C@@H](CCCCCCC)C[C@H](C)O. The zero-order valence-corrected chi connectivity index (χ0v) is 15.1. The summed E-state index contributed by atoms with van der Waals surface area (Å²) >= 11 is 0. The average molecular weight is 315 g/mol. The van der Waals surface area contributed by atoms with Crippen LogP contribution in [0, 0.1) is 0 Å². The van der Waals surface area contributed by atoms with Crippen molar-refractivity contribution in [2.45, 2.75) is 116 Å². The fraction of sp³-hybridized carbons (Fsp3) is 0.947. The minimum Gasteiger partial charge on any atom is -0.462 e. The number of esters is 1. The first-order chi connectivity index (χ1) is 10.6. The molecule has 0 radical (unpaired) electrons. The Labute approximate surface area is 137 Å². The van der Waals surface area contributed by atoms with E-state index < -0.39 is 6.10 Å². The molecule has 0 aliphatic rings. The molecule has 22 heavy (non-hydrogen) atoms. The highest BCUT2D eigenvalue weighted by molar-refractivity contribution is 5.69. The molecule has 0 spiro atoms. The number of hydrogen-bond acceptors (Lipinski definition) is 3. The van der Waals surface area contributed by atoms with Crippen LogP contribution in [0.4, 0.5) is 0 Å². The maximum atomic E-state index is 11.9. The molecule has 0 aromatic carbocycles. The first-order valence-electron chi connectivity index (χ1n) is 9.47. The van der Waals surface area contributed by atoms with Gasteiger partial charge in [-0.2, -0.15) is 0 Å². The number of aliphatic hydroxyl groups is 1. The Hall–Kier alpha value is -0.570. The molecule has 2 atom stereocenters. The molecule has 0 heterocycles. The largest absolute Gasteiger partial charge is 0.462 e. The average Bonchev–Trinajstić information content (AvgIpc) is 2.46. The first kappa shape index (κ1) is 21.4. The van der Waals surface area contributed by atoms with Crippen LogP contribution in [0.25, 0.3) is 0 Å². The quantitative estimate of drug-likeness (QED) is 0.325. The van der Waals surface area contributed by atoms with Gasteiger partial charge in [-0.15, -0.1) is 0 Å². The van der Waals surface area contributed by atoms with Gasteiger partial charge in [0.2, 0.25) is 0 Å². The Morgan fingerprint density at radius 1 is 0.909 bits per heavy atom. The van der Waals surface area contributed by atoms with Gasteiger partial charge in [0.05, 0.1) is 6.10 Å². The lowest BCUT2D eigenvalue weighted by molar-refractivity contribution is -0.150. The van der Waals surface area contributed by atoms with Gasteiger partial charge < -0.3 is 9.84 Å². The molecular formula is C19H38O3. The lowest BCUT2D eigenvalue weighted by atomic mass is 10.0. The lowest BCUT2D eigenvalue weighted by Crippen LogP contribution is -2.22. The van der Waals surface area contributed by atoms with E-state index >= 15 is 0 Å². The maximum Gasteiger partial charge on any atom is 0.306 e. The van der Waals surface area contributed by atoms with Crippen molar-refractivity contribution in [3.63, 3.8) is 0 Å². The van der Waals surface area contributed by atoms with Gasteiger partial charge in [0.25, 0.3) is 0 Å². The minimum atomic E-state index is -0.405. The number of hydrogen-bond donors (Lipinski definition) is 1. The number of carbonyl (C=O) groups is 1. The molecule has 0 aromatic heterocycles. The van der Waals surface area contributed by atoms with Crippen molar-refractivity contribution in [1.82, 2.24) is 0 Å². The van der Waals surface area contributed by atoms with Crippen LogP contribution in [-0.2, 0) is 9.53 Å². The van der Waals surface area contributed by atoms with Crippen molar-refractivity contribution >= 4 is 5.97 Å². The van der Waals surface area contributed by atoms with Crippen LogP contribution in [0.5, 0.6) is 0 Å². The number of ether oxygens (including phenoxy) is 1. The molecule has 0 bridgehead atoms. The predicted molar refractivity (Wildman–Crippen MR) is 92.9 cm³/mol. The van der Waals surface area contributed by atoms with Crippen molar-refractivity contribution in [1.29, 1.82) is 0 Å². The highest BCUT2D eigenvalue weighted by atomic mass is 16.5. The molecule has 0 saturated heterocycles. The Balaban J connectivity index is 3.87. The van der Waals surface area contributed by atoms with Crippen LogP contribution in [0.1, 0.15) is 104 Å². The molecule has 0 rings (SSSR count). The molecule has 3 nitrogen and oxygen atoms in total. The van der Waals surface area contributed by atoms with Crippen molar-refractivity contribution < 1.29 is 14.6 Å². The second-order valence-electron chi connectivity index (χ2n) is 6.56. The van der Waals surface area contributed by atoms with E-state index in [1.807, 2.05) is 0 Å². The highest BCUT2D eigenvalue weighted by Gasteiger charge is 2.16. The van der Waals surface area contributed by atoms with Gasteiger partial charge in [0.15, 0.2) is 0 Å². The third-order valence-corrected chi connectivity index (χ3v) is 4.02. The van der Waals surface area contributed by atoms with E-state index in [2.05, 4.69) is 13.8 Å². The van der Waals surface area contributed by atoms with Crippen LogP contribution >= 0.6 is 0 Å². The molecule has 0 aliphatic carbocycles. The highest BCUT2D eigenvalue weighted by Crippen LogP contribution is 2.15. The molecule has 0 unspecified atom stereocenters.